The highest BCUT2D eigenvalue weighted by Gasteiger charge is 2.31. The second-order valence-electron chi connectivity index (χ2n) is 6.24. The molecule has 1 aromatic heterocycles. The Morgan fingerprint density at radius 2 is 2.25 bits per heavy atom. The van der Waals surface area contributed by atoms with Crippen LogP contribution in [0.4, 0.5) is 4.79 Å². The molecule has 2 rings (SSSR count). The zero-order valence-electron chi connectivity index (χ0n) is 12.7. The van der Waals surface area contributed by atoms with Crippen LogP contribution in [0, 0.1) is 0 Å². The third kappa shape index (κ3) is 4.00. The molecule has 20 heavy (non-hydrogen) atoms. The lowest BCUT2D eigenvalue weighted by molar-refractivity contribution is -0.00538. The highest BCUT2D eigenvalue weighted by molar-refractivity contribution is 5.68. The van der Waals surface area contributed by atoms with E-state index in [1.807, 2.05) is 46.0 Å². The van der Waals surface area contributed by atoms with Crippen LogP contribution in [0.15, 0.2) is 18.3 Å². The predicted octanol–water partition coefficient (Wildman–Crippen LogP) is 3.10. The van der Waals surface area contributed by atoms with Gasteiger partial charge in [0.05, 0.1) is 18.8 Å². The van der Waals surface area contributed by atoms with E-state index in [1.165, 1.54) is 0 Å². The van der Waals surface area contributed by atoms with Crippen molar-refractivity contribution < 1.29 is 14.3 Å². The first-order valence-corrected chi connectivity index (χ1v) is 7.12. The van der Waals surface area contributed by atoms with E-state index in [0.717, 1.165) is 12.1 Å². The number of amides is 1. The second kappa shape index (κ2) is 5.87. The van der Waals surface area contributed by atoms with Crippen molar-refractivity contribution >= 4 is 6.09 Å². The van der Waals surface area contributed by atoms with Crippen LogP contribution < -0.4 is 0 Å². The van der Waals surface area contributed by atoms with E-state index in [1.54, 1.807) is 4.90 Å². The standard InChI is InChI=1S/C15H24N2O3/c1-11(13-6-5-8-16-13)19-12-7-9-17(10-12)14(18)20-15(2,3)4/h5-6,8,11-12,16H,7,9-10H2,1-4H3/t11-,12+/m0/s1. The molecule has 0 bridgehead atoms. The molecule has 1 aromatic rings. The van der Waals surface area contributed by atoms with Gasteiger partial charge in [0.15, 0.2) is 0 Å². The van der Waals surface area contributed by atoms with E-state index in [9.17, 15) is 4.79 Å². The number of hydrogen-bond acceptors (Lipinski definition) is 3. The second-order valence-corrected chi connectivity index (χ2v) is 6.24. The third-order valence-corrected chi connectivity index (χ3v) is 3.25. The monoisotopic (exact) mass is 280 g/mol. The van der Waals surface area contributed by atoms with Gasteiger partial charge in [0.1, 0.15) is 5.60 Å². The van der Waals surface area contributed by atoms with E-state index in [0.29, 0.717) is 13.1 Å². The molecule has 0 aromatic carbocycles. The Morgan fingerprint density at radius 1 is 1.50 bits per heavy atom. The minimum Gasteiger partial charge on any atom is -0.444 e. The van der Waals surface area contributed by atoms with E-state index >= 15 is 0 Å². The van der Waals surface area contributed by atoms with Crippen molar-refractivity contribution in [2.75, 3.05) is 13.1 Å². The van der Waals surface area contributed by atoms with E-state index in [2.05, 4.69) is 4.98 Å². The number of ether oxygens (including phenoxy) is 2. The maximum atomic E-state index is 12.0. The molecule has 1 aliphatic rings. The third-order valence-electron chi connectivity index (χ3n) is 3.25. The van der Waals surface area contributed by atoms with Gasteiger partial charge in [-0.3, -0.25) is 0 Å². The van der Waals surface area contributed by atoms with Crippen molar-refractivity contribution in [3.8, 4) is 0 Å². The Bertz CT molecular complexity index is 436. The summed E-state index contributed by atoms with van der Waals surface area (Å²) >= 11 is 0. The number of H-pyrrole nitrogens is 1. The summed E-state index contributed by atoms with van der Waals surface area (Å²) < 4.78 is 11.4. The summed E-state index contributed by atoms with van der Waals surface area (Å²) in [4.78, 5) is 16.8. The molecule has 5 nitrogen and oxygen atoms in total. The van der Waals surface area contributed by atoms with Gasteiger partial charge in [-0.2, -0.15) is 0 Å². The molecule has 0 radical (unpaired) electrons. The topological polar surface area (TPSA) is 54.6 Å². The molecule has 1 N–H and O–H groups in total. The zero-order chi connectivity index (χ0) is 14.8. The maximum absolute atomic E-state index is 12.0. The summed E-state index contributed by atoms with van der Waals surface area (Å²) in [5.74, 6) is 0. The minimum absolute atomic E-state index is 0.00795. The van der Waals surface area contributed by atoms with Gasteiger partial charge >= 0.3 is 6.09 Å². The van der Waals surface area contributed by atoms with Crippen molar-refractivity contribution in [3.05, 3.63) is 24.0 Å². The summed E-state index contributed by atoms with van der Waals surface area (Å²) in [7, 11) is 0. The number of carbonyl (C=O) groups excluding carboxylic acids is 1. The Morgan fingerprint density at radius 3 is 2.85 bits per heavy atom. The largest absolute Gasteiger partial charge is 0.444 e. The van der Waals surface area contributed by atoms with Crippen molar-refractivity contribution in [2.24, 2.45) is 0 Å². The van der Waals surface area contributed by atoms with Gasteiger partial charge in [0.2, 0.25) is 0 Å². The van der Waals surface area contributed by atoms with Crippen molar-refractivity contribution in [1.29, 1.82) is 0 Å². The molecule has 1 aliphatic heterocycles. The van der Waals surface area contributed by atoms with Gasteiger partial charge in [-0.25, -0.2) is 4.79 Å². The van der Waals surface area contributed by atoms with Gasteiger partial charge in [0.25, 0.3) is 0 Å². The number of hydrogen-bond donors (Lipinski definition) is 1. The lowest BCUT2D eigenvalue weighted by atomic mass is 10.2. The van der Waals surface area contributed by atoms with Crippen LogP contribution in [0.25, 0.3) is 0 Å². The molecule has 1 saturated heterocycles. The number of nitrogens with zero attached hydrogens (tertiary/aromatic N) is 1. The van der Waals surface area contributed by atoms with E-state index < -0.39 is 5.60 Å². The smallest absolute Gasteiger partial charge is 0.410 e. The first-order valence-electron chi connectivity index (χ1n) is 7.12. The summed E-state index contributed by atoms with van der Waals surface area (Å²) in [5.41, 5.74) is 0.605. The van der Waals surface area contributed by atoms with E-state index in [4.69, 9.17) is 9.47 Å². The summed E-state index contributed by atoms with van der Waals surface area (Å²) in [5, 5.41) is 0. The number of nitrogens with one attached hydrogen (secondary N) is 1. The van der Waals surface area contributed by atoms with Crippen LogP contribution >= 0.6 is 0 Å². The predicted molar refractivity (Wildman–Crippen MR) is 76.5 cm³/mol. The maximum Gasteiger partial charge on any atom is 0.410 e. The molecule has 5 heteroatoms. The summed E-state index contributed by atoms with van der Waals surface area (Å²) in [6.45, 7) is 8.94. The molecule has 0 aliphatic carbocycles. The highest BCUT2D eigenvalue weighted by atomic mass is 16.6. The van der Waals surface area contributed by atoms with Crippen molar-refractivity contribution in [2.45, 2.75) is 51.9 Å². The van der Waals surface area contributed by atoms with Gasteiger partial charge in [0, 0.05) is 18.4 Å². The van der Waals surface area contributed by atoms with Gasteiger partial charge < -0.3 is 19.4 Å². The SMILES string of the molecule is C[C@H](O[C@@H]1CCN(C(=O)OC(C)(C)C)C1)c1ccc[nH]1. The lowest BCUT2D eigenvalue weighted by Crippen LogP contribution is -2.36. The number of carbonyl (C=O) groups is 1. The molecule has 112 valence electrons. The average molecular weight is 280 g/mol. The van der Waals surface area contributed by atoms with Gasteiger partial charge in [-0.05, 0) is 46.2 Å². The zero-order valence-corrected chi connectivity index (χ0v) is 12.7. The van der Waals surface area contributed by atoms with Crippen LogP contribution in [0.2, 0.25) is 0 Å². The fraction of sp³-hybridized carbons (Fsp3) is 0.667. The van der Waals surface area contributed by atoms with Gasteiger partial charge in [-0.1, -0.05) is 0 Å². The molecular formula is C15H24N2O3. The van der Waals surface area contributed by atoms with Crippen LogP contribution in [0.5, 0.6) is 0 Å². The van der Waals surface area contributed by atoms with Crippen LogP contribution in [-0.2, 0) is 9.47 Å². The number of rotatable bonds is 3. The molecule has 2 heterocycles. The van der Waals surface area contributed by atoms with Gasteiger partial charge in [-0.15, -0.1) is 0 Å². The van der Waals surface area contributed by atoms with Crippen LogP contribution in [0.1, 0.15) is 45.9 Å². The molecule has 0 saturated carbocycles. The first-order chi connectivity index (χ1) is 9.35. The van der Waals surface area contributed by atoms with Crippen molar-refractivity contribution in [1.82, 2.24) is 9.88 Å². The Labute approximate surface area is 120 Å². The van der Waals surface area contributed by atoms with Crippen LogP contribution in [-0.4, -0.2) is 40.8 Å². The quantitative estimate of drug-likeness (QED) is 0.925. The minimum atomic E-state index is -0.451. The summed E-state index contributed by atoms with van der Waals surface area (Å²) in [6.07, 6.45) is 2.56. The molecule has 1 amide bonds. The fourth-order valence-electron chi connectivity index (χ4n) is 2.29. The Hall–Kier alpha value is -1.49. The number of aromatic amines is 1. The average Bonchev–Trinajstić information content (AvgIpc) is 2.97. The number of aromatic nitrogens is 1. The molecular weight excluding hydrogens is 256 g/mol. The highest BCUT2D eigenvalue weighted by Crippen LogP contribution is 2.23. The summed E-state index contributed by atoms with van der Waals surface area (Å²) in [6, 6.07) is 3.96. The normalized spacial score (nSPS) is 21.0. The fourth-order valence-corrected chi connectivity index (χ4v) is 2.29. The first kappa shape index (κ1) is 14.9. The van der Waals surface area contributed by atoms with Crippen LogP contribution in [0.3, 0.4) is 0 Å². The molecule has 1 fully saturated rings. The number of likely N-dealkylation sites (tertiary alicyclic amines) is 1. The molecule has 0 unspecified atom stereocenters. The molecule has 0 spiro atoms. The van der Waals surface area contributed by atoms with E-state index in [-0.39, 0.29) is 18.3 Å². The Balaban J connectivity index is 1.82. The van der Waals surface area contributed by atoms with Crippen molar-refractivity contribution in [3.63, 3.8) is 0 Å². The Kier molecular flexibility index (Phi) is 4.38. The molecule has 2 atom stereocenters. The lowest BCUT2D eigenvalue weighted by Gasteiger charge is -2.24.